The van der Waals surface area contributed by atoms with Crippen LogP contribution in [0.5, 0.6) is 0 Å². The fourth-order valence-electron chi connectivity index (χ4n) is 2.76. The van der Waals surface area contributed by atoms with E-state index in [4.69, 9.17) is 10.3 Å². The number of alkyl halides is 3. The number of carbonyl (C=O) groups excluding carboxylic acids is 1. The van der Waals surface area contributed by atoms with Gasteiger partial charge in [-0.05, 0) is 18.2 Å². The van der Waals surface area contributed by atoms with Crippen molar-refractivity contribution in [3.8, 4) is 0 Å². The second-order valence-electron chi connectivity index (χ2n) is 5.96. The van der Waals surface area contributed by atoms with Crippen molar-refractivity contribution in [2.45, 2.75) is 19.3 Å². The Kier molecular flexibility index (Phi) is 5.23. The topological polar surface area (TPSA) is 88.5 Å². The molecule has 1 fully saturated rings. The lowest BCUT2D eigenvalue weighted by molar-refractivity contribution is -0.137. The summed E-state index contributed by atoms with van der Waals surface area (Å²) in [6.07, 6.45) is -4.47. The molecule has 0 atom stereocenters. The molecule has 1 aliphatic rings. The molecule has 3 rings (SSSR count). The third kappa shape index (κ3) is 4.20. The van der Waals surface area contributed by atoms with Gasteiger partial charge in [0.05, 0.1) is 18.7 Å². The zero-order valence-electron chi connectivity index (χ0n) is 13.9. The molecule has 1 amide bonds. The highest BCUT2D eigenvalue weighted by atomic mass is 19.4. The molecule has 0 radical (unpaired) electrons. The van der Waals surface area contributed by atoms with Gasteiger partial charge in [0.15, 0.2) is 5.82 Å². The fraction of sp³-hybridized carbons (Fsp3) is 0.438. The van der Waals surface area contributed by atoms with Crippen LogP contribution in [-0.2, 0) is 19.3 Å². The van der Waals surface area contributed by atoms with Crippen molar-refractivity contribution in [1.29, 1.82) is 0 Å². The smallest absolute Gasteiger partial charge is 0.338 e. The minimum absolute atomic E-state index is 0.0408. The number of halogens is 3. The van der Waals surface area contributed by atoms with E-state index in [2.05, 4.69) is 10.1 Å². The maximum absolute atomic E-state index is 12.8. The van der Waals surface area contributed by atoms with Gasteiger partial charge in [0.2, 0.25) is 5.89 Å². The van der Waals surface area contributed by atoms with Gasteiger partial charge in [-0.2, -0.15) is 18.2 Å². The Labute approximate surface area is 147 Å². The molecule has 2 heterocycles. The van der Waals surface area contributed by atoms with Crippen molar-refractivity contribution in [2.24, 2.45) is 5.73 Å². The van der Waals surface area contributed by atoms with Gasteiger partial charge in [0.1, 0.15) is 0 Å². The first kappa shape index (κ1) is 18.3. The van der Waals surface area contributed by atoms with E-state index in [-0.39, 0.29) is 12.1 Å². The number of nitrogens with two attached hydrogens (primary N) is 1. The van der Waals surface area contributed by atoms with Crippen LogP contribution in [0.4, 0.5) is 13.2 Å². The van der Waals surface area contributed by atoms with Crippen molar-refractivity contribution in [1.82, 2.24) is 19.9 Å². The molecule has 2 aromatic rings. The van der Waals surface area contributed by atoms with Crippen LogP contribution in [0.1, 0.15) is 27.6 Å². The van der Waals surface area contributed by atoms with Gasteiger partial charge in [-0.15, -0.1) is 0 Å². The lowest BCUT2D eigenvalue weighted by atomic mass is 10.1. The molecular formula is C16H18F3N5O2. The van der Waals surface area contributed by atoms with E-state index in [9.17, 15) is 18.0 Å². The van der Waals surface area contributed by atoms with Gasteiger partial charge in [-0.3, -0.25) is 9.69 Å². The summed E-state index contributed by atoms with van der Waals surface area (Å²) in [7, 11) is 0. The second kappa shape index (κ2) is 7.42. The third-order valence-electron chi connectivity index (χ3n) is 4.15. The summed E-state index contributed by atoms with van der Waals surface area (Å²) in [4.78, 5) is 20.2. The summed E-state index contributed by atoms with van der Waals surface area (Å²) in [6, 6.07) is 4.49. The zero-order chi connectivity index (χ0) is 18.7. The van der Waals surface area contributed by atoms with Crippen LogP contribution in [0.2, 0.25) is 0 Å². The predicted molar refractivity (Wildman–Crippen MR) is 84.8 cm³/mol. The molecule has 0 unspecified atom stereocenters. The molecule has 0 bridgehead atoms. The summed E-state index contributed by atoms with van der Waals surface area (Å²) < 4.78 is 43.3. The summed E-state index contributed by atoms with van der Waals surface area (Å²) in [5.41, 5.74) is 4.63. The van der Waals surface area contributed by atoms with Crippen molar-refractivity contribution < 1.29 is 22.5 Å². The van der Waals surface area contributed by atoms with E-state index in [1.165, 1.54) is 12.1 Å². The maximum atomic E-state index is 12.8. The number of piperazine rings is 1. The Bertz CT molecular complexity index is 769. The number of rotatable bonds is 4. The highest BCUT2D eigenvalue weighted by Crippen LogP contribution is 2.29. The van der Waals surface area contributed by atoms with Crippen molar-refractivity contribution >= 4 is 5.91 Å². The van der Waals surface area contributed by atoms with E-state index >= 15 is 0 Å². The minimum Gasteiger partial charge on any atom is -0.338 e. The second-order valence-corrected chi connectivity index (χ2v) is 5.96. The van der Waals surface area contributed by atoms with E-state index in [1.807, 2.05) is 4.90 Å². The number of benzene rings is 1. The average Bonchev–Trinajstić information content (AvgIpc) is 3.09. The number of hydrogen-bond donors (Lipinski definition) is 1. The highest BCUT2D eigenvalue weighted by molar-refractivity contribution is 5.94. The molecule has 7 nitrogen and oxygen atoms in total. The Morgan fingerprint density at radius 2 is 1.96 bits per heavy atom. The fourth-order valence-corrected chi connectivity index (χ4v) is 2.76. The standard InChI is InChI=1S/C16H18F3N5O2/c17-16(18,19)12-3-1-2-11(8-12)15(25)24-6-4-23(5-7-24)10-13-21-14(9-20)26-22-13/h1-3,8H,4-7,9-10,20H2. The van der Waals surface area contributed by atoms with Gasteiger partial charge in [0.25, 0.3) is 5.91 Å². The van der Waals surface area contributed by atoms with Crippen molar-refractivity contribution in [2.75, 3.05) is 26.2 Å². The van der Waals surface area contributed by atoms with E-state index in [1.54, 1.807) is 4.90 Å². The first-order valence-corrected chi connectivity index (χ1v) is 8.07. The van der Waals surface area contributed by atoms with E-state index in [0.717, 1.165) is 12.1 Å². The zero-order valence-corrected chi connectivity index (χ0v) is 13.9. The molecular weight excluding hydrogens is 351 g/mol. The Hall–Kier alpha value is -2.46. The molecule has 2 N–H and O–H groups in total. The summed E-state index contributed by atoms with van der Waals surface area (Å²) in [5.74, 6) is 0.474. The number of nitrogens with zero attached hydrogens (tertiary/aromatic N) is 4. The monoisotopic (exact) mass is 369 g/mol. The van der Waals surface area contributed by atoms with Gasteiger partial charge in [-0.25, -0.2) is 0 Å². The van der Waals surface area contributed by atoms with E-state index in [0.29, 0.717) is 44.4 Å². The number of hydrogen-bond acceptors (Lipinski definition) is 6. The van der Waals surface area contributed by atoms with Crippen LogP contribution in [-0.4, -0.2) is 52.0 Å². The molecule has 0 aliphatic carbocycles. The first-order chi connectivity index (χ1) is 12.4. The SMILES string of the molecule is NCc1nc(CN2CCN(C(=O)c3cccc(C(F)(F)F)c3)CC2)no1. The van der Waals surface area contributed by atoms with Crippen LogP contribution in [0.15, 0.2) is 28.8 Å². The van der Waals surface area contributed by atoms with Crippen molar-refractivity contribution in [3.05, 3.63) is 47.1 Å². The summed E-state index contributed by atoms with van der Waals surface area (Å²) in [6.45, 7) is 2.60. The normalized spacial score (nSPS) is 16.1. The molecule has 26 heavy (non-hydrogen) atoms. The molecule has 0 spiro atoms. The van der Waals surface area contributed by atoms with Gasteiger partial charge in [-0.1, -0.05) is 11.2 Å². The van der Waals surface area contributed by atoms with Crippen molar-refractivity contribution in [3.63, 3.8) is 0 Å². The molecule has 10 heteroatoms. The first-order valence-electron chi connectivity index (χ1n) is 8.07. The largest absolute Gasteiger partial charge is 0.416 e. The number of amides is 1. The van der Waals surface area contributed by atoms with Crippen LogP contribution in [0, 0.1) is 0 Å². The van der Waals surface area contributed by atoms with Gasteiger partial charge in [0, 0.05) is 31.7 Å². The van der Waals surface area contributed by atoms with E-state index < -0.39 is 17.6 Å². The molecule has 140 valence electrons. The minimum atomic E-state index is -4.47. The van der Waals surface area contributed by atoms with Crippen LogP contribution in [0.3, 0.4) is 0 Å². The van der Waals surface area contributed by atoms with Crippen LogP contribution in [0.25, 0.3) is 0 Å². The number of aromatic nitrogens is 2. The quantitative estimate of drug-likeness (QED) is 0.879. The van der Waals surface area contributed by atoms with Crippen LogP contribution < -0.4 is 5.73 Å². The maximum Gasteiger partial charge on any atom is 0.416 e. The molecule has 1 aromatic heterocycles. The lowest BCUT2D eigenvalue weighted by Crippen LogP contribution is -2.48. The lowest BCUT2D eigenvalue weighted by Gasteiger charge is -2.34. The van der Waals surface area contributed by atoms with Gasteiger partial charge < -0.3 is 15.2 Å². The summed E-state index contributed by atoms with van der Waals surface area (Å²) >= 11 is 0. The average molecular weight is 369 g/mol. The summed E-state index contributed by atoms with van der Waals surface area (Å²) in [5, 5.41) is 3.82. The molecule has 1 saturated heterocycles. The highest BCUT2D eigenvalue weighted by Gasteiger charge is 2.31. The molecule has 1 aliphatic heterocycles. The predicted octanol–water partition coefficient (Wildman–Crippen LogP) is 1.51. The third-order valence-corrected chi connectivity index (χ3v) is 4.15. The molecule has 1 aromatic carbocycles. The number of carbonyl (C=O) groups is 1. The van der Waals surface area contributed by atoms with Gasteiger partial charge >= 0.3 is 6.18 Å². The Morgan fingerprint density at radius 1 is 1.23 bits per heavy atom. The molecule has 0 saturated carbocycles. The van der Waals surface area contributed by atoms with Crippen LogP contribution >= 0.6 is 0 Å². The Morgan fingerprint density at radius 3 is 2.58 bits per heavy atom. The Balaban J connectivity index is 1.58.